The summed E-state index contributed by atoms with van der Waals surface area (Å²) in [7, 11) is 0. The number of nitrogens with zero attached hydrogens (tertiary/aromatic N) is 2. The minimum atomic E-state index is 0.656. The lowest BCUT2D eigenvalue weighted by atomic mass is 10.1. The number of nitrogens with two attached hydrogens (primary N) is 1. The third kappa shape index (κ3) is 2.74. The van der Waals surface area contributed by atoms with Crippen molar-refractivity contribution < 1.29 is 0 Å². The van der Waals surface area contributed by atoms with Crippen LogP contribution in [0.15, 0.2) is 24.3 Å². The summed E-state index contributed by atoms with van der Waals surface area (Å²) in [6.07, 6.45) is 0. The first-order valence-electron chi connectivity index (χ1n) is 7.46. The summed E-state index contributed by atoms with van der Waals surface area (Å²) < 4.78 is 1.37. The molecule has 108 valence electrons. The van der Waals surface area contributed by atoms with Gasteiger partial charge in [0.05, 0.1) is 0 Å². The van der Waals surface area contributed by atoms with E-state index in [1.54, 1.807) is 0 Å². The van der Waals surface area contributed by atoms with Crippen LogP contribution in [0, 0.1) is 0 Å². The van der Waals surface area contributed by atoms with Gasteiger partial charge in [-0.2, -0.15) is 0 Å². The molecule has 0 radical (unpaired) electrons. The van der Waals surface area contributed by atoms with Crippen molar-refractivity contribution >= 4 is 21.4 Å². The maximum absolute atomic E-state index is 5.95. The molecule has 0 atom stereocenters. The molecule has 3 nitrogen and oxygen atoms in total. The van der Waals surface area contributed by atoms with E-state index in [9.17, 15) is 0 Å². The molecule has 0 unspecified atom stereocenters. The molecular formula is C16H23N3S. The molecule has 20 heavy (non-hydrogen) atoms. The van der Waals surface area contributed by atoms with E-state index >= 15 is 0 Å². The Morgan fingerprint density at radius 1 is 1.10 bits per heavy atom. The second-order valence-corrected chi connectivity index (χ2v) is 6.55. The highest BCUT2D eigenvalue weighted by atomic mass is 32.1. The van der Waals surface area contributed by atoms with Crippen LogP contribution in [0.2, 0.25) is 0 Å². The van der Waals surface area contributed by atoms with Crippen LogP contribution in [0.1, 0.15) is 17.4 Å². The maximum atomic E-state index is 5.95. The van der Waals surface area contributed by atoms with E-state index < -0.39 is 0 Å². The summed E-state index contributed by atoms with van der Waals surface area (Å²) >= 11 is 1.86. The third-order valence-electron chi connectivity index (χ3n) is 4.26. The van der Waals surface area contributed by atoms with Crippen LogP contribution in [0.3, 0.4) is 0 Å². The van der Waals surface area contributed by atoms with Gasteiger partial charge in [-0.05, 0) is 23.6 Å². The number of thiophene rings is 1. The van der Waals surface area contributed by atoms with Gasteiger partial charge in [-0.3, -0.25) is 4.90 Å². The van der Waals surface area contributed by atoms with Crippen LogP contribution in [0.5, 0.6) is 0 Å². The first kappa shape index (κ1) is 14.0. The van der Waals surface area contributed by atoms with Gasteiger partial charge in [0.25, 0.3) is 0 Å². The molecule has 3 rings (SSSR count). The summed E-state index contributed by atoms with van der Waals surface area (Å²) in [6.45, 7) is 9.84. The molecule has 1 aromatic heterocycles. The molecule has 0 amide bonds. The molecule has 0 saturated carbocycles. The Morgan fingerprint density at radius 3 is 2.50 bits per heavy atom. The lowest BCUT2D eigenvalue weighted by Crippen LogP contribution is -2.45. The number of benzene rings is 1. The smallest absolute Gasteiger partial charge is 0.0349 e. The van der Waals surface area contributed by atoms with Crippen molar-refractivity contribution in [1.29, 1.82) is 0 Å². The second-order valence-electron chi connectivity index (χ2n) is 5.41. The second kappa shape index (κ2) is 6.22. The van der Waals surface area contributed by atoms with Crippen molar-refractivity contribution in [2.24, 2.45) is 5.73 Å². The van der Waals surface area contributed by atoms with Crippen LogP contribution in [0.25, 0.3) is 10.1 Å². The first-order valence-corrected chi connectivity index (χ1v) is 8.27. The van der Waals surface area contributed by atoms with Gasteiger partial charge < -0.3 is 10.6 Å². The van der Waals surface area contributed by atoms with Crippen molar-refractivity contribution in [2.75, 3.05) is 32.7 Å². The fourth-order valence-corrected chi connectivity index (χ4v) is 4.07. The third-order valence-corrected chi connectivity index (χ3v) is 5.50. The van der Waals surface area contributed by atoms with E-state index in [1.807, 2.05) is 11.3 Å². The molecule has 2 heterocycles. The van der Waals surface area contributed by atoms with E-state index in [1.165, 1.54) is 53.3 Å². The molecule has 2 N–H and O–H groups in total. The number of piperazine rings is 1. The quantitative estimate of drug-likeness (QED) is 0.938. The molecule has 4 heteroatoms. The Morgan fingerprint density at radius 2 is 1.80 bits per heavy atom. The molecule has 1 fully saturated rings. The standard InChI is InChI=1S/C16H23N3S/c1-2-18-7-9-19(10-8-18)12-14-13-5-3-4-6-15(13)20-16(14)11-17/h3-6H,2,7-12,17H2,1H3. The topological polar surface area (TPSA) is 32.5 Å². The van der Waals surface area contributed by atoms with Crippen LogP contribution in [0.4, 0.5) is 0 Å². The first-order chi connectivity index (χ1) is 9.81. The zero-order valence-electron chi connectivity index (χ0n) is 12.1. The molecular weight excluding hydrogens is 266 g/mol. The van der Waals surface area contributed by atoms with Crippen molar-refractivity contribution in [3.05, 3.63) is 34.7 Å². The number of hydrogen-bond acceptors (Lipinski definition) is 4. The lowest BCUT2D eigenvalue weighted by molar-refractivity contribution is 0.132. The monoisotopic (exact) mass is 289 g/mol. The highest BCUT2D eigenvalue weighted by molar-refractivity contribution is 7.19. The van der Waals surface area contributed by atoms with E-state index in [0.717, 1.165) is 6.54 Å². The van der Waals surface area contributed by atoms with E-state index in [4.69, 9.17) is 5.73 Å². The van der Waals surface area contributed by atoms with Gasteiger partial charge in [0.1, 0.15) is 0 Å². The van der Waals surface area contributed by atoms with Gasteiger partial charge in [0, 0.05) is 48.8 Å². The van der Waals surface area contributed by atoms with Gasteiger partial charge >= 0.3 is 0 Å². The highest BCUT2D eigenvalue weighted by Gasteiger charge is 2.18. The van der Waals surface area contributed by atoms with Crippen LogP contribution in [-0.2, 0) is 13.1 Å². The zero-order valence-corrected chi connectivity index (χ0v) is 13.0. The minimum Gasteiger partial charge on any atom is -0.326 e. The van der Waals surface area contributed by atoms with E-state index in [-0.39, 0.29) is 0 Å². The minimum absolute atomic E-state index is 0.656. The number of fused-ring (bicyclic) bond motifs is 1. The molecule has 2 aromatic rings. The van der Waals surface area contributed by atoms with Crippen molar-refractivity contribution in [2.45, 2.75) is 20.0 Å². The average Bonchev–Trinajstić information content (AvgIpc) is 2.86. The van der Waals surface area contributed by atoms with Gasteiger partial charge in [-0.1, -0.05) is 25.1 Å². The zero-order chi connectivity index (χ0) is 13.9. The molecule has 0 bridgehead atoms. The summed E-state index contributed by atoms with van der Waals surface area (Å²) in [5, 5.41) is 1.40. The number of rotatable bonds is 4. The van der Waals surface area contributed by atoms with E-state index in [0.29, 0.717) is 6.54 Å². The van der Waals surface area contributed by atoms with Crippen LogP contribution >= 0.6 is 11.3 Å². The van der Waals surface area contributed by atoms with Crippen molar-refractivity contribution in [1.82, 2.24) is 9.80 Å². The maximum Gasteiger partial charge on any atom is 0.0349 e. The fourth-order valence-electron chi connectivity index (χ4n) is 2.97. The average molecular weight is 289 g/mol. The van der Waals surface area contributed by atoms with Gasteiger partial charge in [0.2, 0.25) is 0 Å². The largest absolute Gasteiger partial charge is 0.326 e. The predicted molar refractivity (Wildman–Crippen MR) is 87.1 cm³/mol. The summed E-state index contributed by atoms with van der Waals surface area (Å²) in [5.74, 6) is 0. The predicted octanol–water partition coefficient (Wildman–Crippen LogP) is 2.50. The number of hydrogen-bond donors (Lipinski definition) is 1. The number of likely N-dealkylation sites (N-methyl/N-ethyl adjacent to an activating group) is 1. The molecule has 1 aliphatic heterocycles. The van der Waals surface area contributed by atoms with Gasteiger partial charge in [0.15, 0.2) is 0 Å². The van der Waals surface area contributed by atoms with Gasteiger partial charge in [-0.15, -0.1) is 11.3 Å². The molecule has 1 saturated heterocycles. The van der Waals surface area contributed by atoms with Crippen LogP contribution in [-0.4, -0.2) is 42.5 Å². The highest BCUT2D eigenvalue weighted by Crippen LogP contribution is 2.32. The fraction of sp³-hybridized carbons (Fsp3) is 0.500. The molecule has 0 aliphatic carbocycles. The summed E-state index contributed by atoms with van der Waals surface area (Å²) in [4.78, 5) is 6.44. The van der Waals surface area contributed by atoms with Crippen LogP contribution < -0.4 is 5.73 Å². The van der Waals surface area contributed by atoms with E-state index in [2.05, 4.69) is 41.0 Å². The SMILES string of the molecule is CCN1CCN(Cc2c(CN)sc3ccccc23)CC1. The summed E-state index contributed by atoms with van der Waals surface area (Å²) in [5.41, 5.74) is 7.40. The molecule has 0 spiro atoms. The van der Waals surface area contributed by atoms with Crippen molar-refractivity contribution in [3.8, 4) is 0 Å². The van der Waals surface area contributed by atoms with Crippen molar-refractivity contribution in [3.63, 3.8) is 0 Å². The Hall–Kier alpha value is -0.940. The lowest BCUT2D eigenvalue weighted by Gasteiger charge is -2.34. The Bertz CT molecular complexity index is 570. The Balaban J connectivity index is 1.80. The Kier molecular flexibility index (Phi) is 4.36. The molecule has 1 aliphatic rings. The Labute approximate surface area is 125 Å². The normalized spacial score (nSPS) is 17.9. The molecule has 1 aromatic carbocycles. The van der Waals surface area contributed by atoms with Gasteiger partial charge in [-0.25, -0.2) is 0 Å². The summed E-state index contributed by atoms with van der Waals surface area (Å²) in [6, 6.07) is 8.69.